The van der Waals surface area contributed by atoms with Gasteiger partial charge in [0.1, 0.15) is 0 Å². The van der Waals surface area contributed by atoms with Crippen molar-refractivity contribution in [3.05, 3.63) is 11.8 Å². The van der Waals surface area contributed by atoms with Crippen LogP contribution in [0.15, 0.2) is 16.8 Å². The van der Waals surface area contributed by atoms with E-state index < -0.39 is 6.55 Å². The first-order valence-electron chi connectivity index (χ1n) is 2.36. The van der Waals surface area contributed by atoms with Crippen molar-refractivity contribution in [1.29, 1.82) is 0 Å². The highest BCUT2D eigenvalue weighted by molar-refractivity contribution is 5.77. The highest BCUT2D eigenvalue weighted by Crippen LogP contribution is 1.93. The normalized spacial score (nSPS) is 13.6. The van der Waals surface area contributed by atoms with Gasteiger partial charge in [0, 0.05) is 6.21 Å². The molecule has 0 fully saturated rings. The number of nitrogens with zero attached hydrogens (tertiary/aromatic N) is 1. The topological polar surface area (TPSA) is 38.4 Å². The lowest BCUT2D eigenvalue weighted by molar-refractivity contribution is 0.160. The van der Waals surface area contributed by atoms with Gasteiger partial charge in [0.15, 0.2) is 0 Å². The van der Waals surface area contributed by atoms with Gasteiger partial charge in [-0.2, -0.15) is 8.78 Å². The molecule has 0 aromatic carbocycles. The van der Waals surface area contributed by atoms with E-state index in [9.17, 15) is 8.78 Å². The summed E-state index contributed by atoms with van der Waals surface area (Å²) in [6.07, 6.45) is 2.25. The van der Waals surface area contributed by atoms with Gasteiger partial charge in [-0.15, -0.1) is 0 Å². The molecule has 0 saturated carbocycles. The Morgan fingerprint density at radius 2 is 2.22 bits per heavy atom. The molecule has 0 heterocycles. The van der Waals surface area contributed by atoms with E-state index in [1.807, 2.05) is 0 Å². The molecule has 0 aliphatic rings. The van der Waals surface area contributed by atoms with Crippen LogP contribution in [-0.2, 0) is 0 Å². The number of aliphatic imine (C=N–C) groups is 1. The molecule has 9 heavy (non-hydrogen) atoms. The third-order valence-corrected chi connectivity index (χ3v) is 0.654. The molecule has 0 aromatic rings. The van der Waals surface area contributed by atoms with Crippen LogP contribution in [0.25, 0.3) is 0 Å². The third kappa shape index (κ3) is 4.93. The van der Waals surface area contributed by atoms with E-state index in [4.69, 9.17) is 5.73 Å². The molecule has 0 aliphatic heterocycles. The average Bonchev–Trinajstić information content (AvgIpc) is 1.83. The Hall–Kier alpha value is -0.930. The van der Waals surface area contributed by atoms with Crippen LogP contribution in [-0.4, -0.2) is 12.8 Å². The van der Waals surface area contributed by atoms with Gasteiger partial charge in [-0.3, -0.25) is 0 Å². The number of rotatable bonds is 2. The van der Waals surface area contributed by atoms with Gasteiger partial charge in [-0.05, 0) is 18.7 Å². The van der Waals surface area contributed by atoms with E-state index in [-0.39, 0.29) is 0 Å². The predicted molar refractivity (Wildman–Crippen MR) is 32.4 cm³/mol. The minimum Gasteiger partial charge on any atom is -0.404 e. The molecule has 0 rings (SSSR count). The summed E-state index contributed by atoms with van der Waals surface area (Å²) in [5, 5.41) is 0. The van der Waals surface area contributed by atoms with Gasteiger partial charge in [-0.25, -0.2) is 4.99 Å². The lowest BCUT2D eigenvalue weighted by Crippen LogP contribution is -1.89. The number of allylic oxidation sites excluding steroid dienone is 1. The Labute approximate surface area is 52.1 Å². The number of hydrogen-bond donors (Lipinski definition) is 1. The van der Waals surface area contributed by atoms with Crippen molar-refractivity contribution in [2.45, 2.75) is 13.5 Å². The van der Waals surface area contributed by atoms with Crippen LogP contribution < -0.4 is 5.73 Å². The molecule has 2 N–H and O–H groups in total. The summed E-state index contributed by atoms with van der Waals surface area (Å²) in [6.45, 7) is -1.05. The fraction of sp³-hybridized carbons (Fsp3) is 0.400. The summed E-state index contributed by atoms with van der Waals surface area (Å²) >= 11 is 0. The number of hydrogen-bond acceptors (Lipinski definition) is 2. The predicted octanol–water partition coefficient (Wildman–Crippen LogP) is 1.14. The van der Waals surface area contributed by atoms with Crippen LogP contribution >= 0.6 is 0 Å². The third-order valence-electron chi connectivity index (χ3n) is 0.654. The average molecular weight is 134 g/mol. The second-order valence-corrected chi connectivity index (χ2v) is 1.47. The number of alkyl halides is 2. The fourth-order valence-electron chi connectivity index (χ4n) is 0.217. The highest BCUT2D eigenvalue weighted by Gasteiger charge is 1.91. The van der Waals surface area contributed by atoms with Crippen LogP contribution in [0, 0.1) is 0 Å². The summed E-state index contributed by atoms with van der Waals surface area (Å²) in [5.74, 6) is 0. The molecule has 2 nitrogen and oxygen atoms in total. The first-order valence-corrected chi connectivity index (χ1v) is 2.36. The zero-order valence-corrected chi connectivity index (χ0v) is 5.01. The van der Waals surface area contributed by atoms with Crippen LogP contribution in [0.5, 0.6) is 0 Å². The molecule has 0 aromatic heterocycles. The van der Waals surface area contributed by atoms with Gasteiger partial charge in [0.25, 0.3) is 0 Å². The molecular formula is C5H8F2N2. The molecule has 0 spiro atoms. The van der Waals surface area contributed by atoms with Crippen LogP contribution in [0.4, 0.5) is 8.78 Å². The van der Waals surface area contributed by atoms with Gasteiger partial charge < -0.3 is 5.73 Å². The van der Waals surface area contributed by atoms with Crippen molar-refractivity contribution in [3.63, 3.8) is 0 Å². The summed E-state index contributed by atoms with van der Waals surface area (Å²) < 4.78 is 22.5. The number of nitrogens with two attached hydrogens (primary N) is 1. The highest BCUT2D eigenvalue weighted by atomic mass is 19.3. The van der Waals surface area contributed by atoms with Crippen molar-refractivity contribution >= 4 is 6.21 Å². The molecular weight excluding hydrogens is 126 g/mol. The molecule has 4 heteroatoms. The van der Waals surface area contributed by atoms with Crippen molar-refractivity contribution in [3.8, 4) is 0 Å². The molecule has 0 bridgehead atoms. The second-order valence-electron chi connectivity index (χ2n) is 1.47. The van der Waals surface area contributed by atoms with E-state index in [0.29, 0.717) is 5.57 Å². The van der Waals surface area contributed by atoms with Gasteiger partial charge in [0.2, 0.25) is 0 Å². The Bertz CT molecular complexity index is 129. The van der Waals surface area contributed by atoms with Crippen molar-refractivity contribution in [2.75, 3.05) is 0 Å². The van der Waals surface area contributed by atoms with Gasteiger partial charge in [-0.1, -0.05) is 0 Å². The van der Waals surface area contributed by atoms with Crippen molar-refractivity contribution in [2.24, 2.45) is 10.7 Å². The van der Waals surface area contributed by atoms with Crippen molar-refractivity contribution in [1.82, 2.24) is 0 Å². The quantitative estimate of drug-likeness (QED) is 0.446. The second kappa shape index (κ2) is 4.00. The van der Waals surface area contributed by atoms with E-state index in [1.54, 1.807) is 6.92 Å². The lowest BCUT2D eigenvalue weighted by Gasteiger charge is -1.87. The van der Waals surface area contributed by atoms with E-state index in [0.717, 1.165) is 6.21 Å². The largest absolute Gasteiger partial charge is 0.404 e. The molecule has 0 atom stereocenters. The SMILES string of the molecule is CC(=C/N)/C=N/C(F)F. The lowest BCUT2D eigenvalue weighted by atomic mass is 10.4. The fourth-order valence-corrected chi connectivity index (χ4v) is 0.217. The Morgan fingerprint density at radius 3 is 2.56 bits per heavy atom. The Balaban J connectivity index is 3.71. The molecule has 0 saturated heterocycles. The number of halogens is 2. The minimum atomic E-state index is -2.64. The van der Waals surface area contributed by atoms with E-state index in [1.165, 1.54) is 6.20 Å². The zero-order valence-electron chi connectivity index (χ0n) is 5.01. The molecule has 0 unspecified atom stereocenters. The summed E-state index contributed by atoms with van der Waals surface area (Å²) in [5.41, 5.74) is 5.48. The summed E-state index contributed by atoms with van der Waals surface area (Å²) in [7, 11) is 0. The van der Waals surface area contributed by atoms with E-state index >= 15 is 0 Å². The molecule has 0 radical (unpaired) electrons. The summed E-state index contributed by atoms with van der Waals surface area (Å²) in [6, 6.07) is 0. The Morgan fingerprint density at radius 1 is 1.67 bits per heavy atom. The van der Waals surface area contributed by atoms with Crippen LogP contribution in [0.1, 0.15) is 6.92 Å². The van der Waals surface area contributed by atoms with Crippen molar-refractivity contribution < 1.29 is 8.78 Å². The monoisotopic (exact) mass is 134 g/mol. The van der Waals surface area contributed by atoms with Crippen LogP contribution in [0.2, 0.25) is 0 Å². The minimum absolute atomic E-state index is 0.523. The maximum atomic E-state index is 11.3. The van der Waals surface area contributed by atoms with E-state index in [2.05, 4.69) is 4.99 Å². The maximum Gasteiger partial charge on any atom is 0.331 e. The molecule has 52 valence electrons. The van der Waals surface area contributed by atoms with Crippen LogP contribution in [0.3, 0.4) is 0 Å². The maximum absolute atomic E-state index is 11.3. The first kappa shape index (κ1) is 8.07. The molecule has 0 amide bonds. The Kier molecular flexibility index (Phi) is 3.59. The first-order chi connectivity index (χ1) is 4.16. The smallest absolute Gasteiger partial charge is 0.331 e. The molecule has 0 aliphatic carbocycles. The summed E-state index contributed by atoms with van der Waals surface area (Å²) in [4.78, 5) is 2.79. The van der Waals surface area contributed by atoms with Gasteiger partial charge in [0.05, 0.1) is 0 Å². The van der Waals surface area contributed by atoms with Gasteiger partial charge >= 0.3 is 6.55 Å². The zero-order chi connectivity index (χ0) is 7.28. The standard InChI is InChI=1S/C5H8F2N2/c1-4(2-8)3-9-5(6)7/h2-3,5H,8H2,1H3/b4-2-,9-3+.